The number of benzene rings is 2. The Morgan fingerprint density at radius 1 is 1.06 bits per heavy atom. The van der Waals surface area contributed by atoms with E-state index in [0.29, 0.717) is 12.2 Å². The van der Waals surface area contributed by atoms with Crippen molar-refractivity contribution in [1.82, 2.24) is 9.97 Å². The van der Waals surface area contributed by atoms with Crippen LogP contribution in [0.15, 0.2) is 66.3 Å². The molecule has 0 aliphatic heterocycles. The number of halogens is 1. The maximum absolute atomic E-state index is 13.9. The van der Waals surface area contributed by atoms with Crippen LogP contribution in [0.25, 0.3) is 16.5 Å². The molecule has 0 bridgehead atoms. The normalized spacial score (nSPS) is 15.5. The minimum atomic E-state index is -0.164. The zero-order valence-corrected chi connectivity index (χ0v) is 20.5. The number of allylic oxidation sites excluding steroid dienone is 4. The molecule has 34 heavy (non-hydrogen) atoms. The third-order valence-electron chi connectivity index (χ3n) is 6.49. The number of rotatable bonds is 6. The fourth-order valence-corrected chi connectivity index (χ4v) is 5.34. The van der Waals surface area contributed by atoms with Gasteiger partial charge in [-0.25, -0.2) is 9.37 Å². The number of nitrogens with zero attached hydrogens (tertiary/aromatic N) is 2. The van der Waals surface area contributed by atoms with Gasteiger partial charge in [-0.2, -0.15) is 0 Å². The summed E-state index contributed by atoms with van der Waals surface area (Å²) in [5.41, 5.74) is 9.07. The zero-order valence-electron chi connectivity index (χ0n) is 19.6. The van der Waals surface area contributed by atoms with Crippen LogP contribution >= 0.6 is 11.3 Å². The molecule has 1 aliphatic rings. The fraction of sp³-hybridized carbons (Fsp3) is 0.241. The molecule has 0 saturated carbocycles. The van der Waals surface area contributed by atoms with Gasteiger partial charge in [0.2, 0.25) is 0 Å². The number of aryl methyl sites for hydroxylation is 3. The van der Waals surface area contributed by atoms with Gasteiger partial charge in [0.15, 0.2) is 0 Å². The number of ether oxygens (including phenoxy) is 1. The van der Waals surface area contributed by atoms with Crippen molar-refractivity contribution in [3.05, 3.63) is 105 Å². The second-order valence-corrected chi connectivity index (χ2v) is 9.75. The molecule has 5 heteroatoms. The molecule has 0 fully saturated rings. The Labute approximate surface area is 203 Å². The van der Waals surface area contributed by atoms with E-state index in [1.54, 1.807) is 17.4 Å². The van der Waals surface area contributed by atoms with E-state index in [2.05, 4.69) is 46.4 Å². The van der Waals surface area contributed by atoms with Gasteiger partial charge < -0.3 is 4.74 Å². The number of fused-ring (bicyclic) bond motifs is 1. The van der Waals surface area contributed by atoms with Crippen molar-refractivity contribution >= 4 is 27.8 Å². The topological polar surface area (TPSA) is 35.0 Å². The number of hydrogen-bond acceptors (Lipinski definition) is 4. The average molecular weight is 471 g/mol. The fourth-order valence-electron chi connectivity index (χ4n) is 4.58. The van der Waals surface area contributed by atoms with Crippen molar-refractivity contribution in [3.8, 4) is 5.75 Å². The molecule has 1 unspecified atom stereocenters. The van der Waals surface area contributed by atoms with E-state index in [0.717, 1.165) is 51.9 Å². The molecule has 0 spiro atoms. The Morgan fingerprint density at radius 3 is 2.74 bits per heavy atom. The molecule has 0 N–H and O–H groups in total. The summed E-state index contributed by atoms with van der Waals surface area (Å²) in [7, 11) is 0. The SMILES string of the molecule is Cc1cc(C2CC=CC=C2c2ccc3ncc(C)c(OCCc4scnc4C)c3c2)ccc1F. The lowest BCUT2D eigenvalue weighted by atomic mass is 9.81. The van der Waals surface area contributed by atoms with Gasteiger partial charge in [-0.15, -0.1) is 11.3 Å². The summed E-state index contributed by atoms with van der Waals surface area (Å²) in [4.78, 5) is 10.2. The second kappa shape index (κ2) is 9.51. The third-order valence-corrected chi connectivity index (χ3v) is 7.49. The highest BCUT2D eigenvalue weighted by Gasteiger charge is 2.21. The van der Waals surface area contributed by atoms with Crippen LogP contribution in [0.4, 0.5) is 4.39 Å². The van der Waals surface area contributed by atoms with E-state index >= 15 is 0 Å². The van der Waals surface area contributed by atoms with Crippen LogP contribution in [0.3, 0.4) is 0 Å². The number of pyridine rings is 1. The van der Waals surface area contributed by atoms with Gasteiger partial charge in [-0.1, -0.05) is 36.4 Å². The van der Waals surface area contributed by atoms with Crippen molar-refractivity contribution in [1.29, 1.82) is 0 Å². The molecule has 2 aromatic carbocycles. The molecule has 172 valence electrons. The first-order chi connectivity index (χ1) is 16.5. The third kappa shape index (κ3) is 4.40. The molecule has 3 nitrogen and oxygen atoms in total. The molecule has 5 rings (SSSR count). The van der Waals surface area contributed by atoms with Gasteiger partial charge in [0.1, 0.15) is 11.6 Å². The van der Waals surface area contributed by atoms with Crippen molar-refractivity contribution in [2.24, 2.45) is 0 Å². The predicted octanol–water partition coefficient (Wildman–Crippen LogP) is 7.50. The lowest BCUT2D eigenvalue weighted by molar-refractivity contribution is 0.324. The van der Waals surface area contributed by atoms with Crippen molar-refractivity contribution in [2.45, 2.75) is 39.5 Å². The maximum Gasteiger partial charge on any atom is 0.133 e. The summed E-state index contributed by atoms with van der Waals surface area (Å²) < 4.78 is 20.2. The standard InChI is InChI=1S/C29H27FN2OS/c1-18-14-21(8-10-26(18)30)23-6-4-5-7-24(23)22-9-11-27-25(15-22)29(19(2)16-31-27)33-13-12-28-20(3)32-17-34-28/h4-5,7-11,14-17,23H,6,12-13H2,1-3H3. The molecular weight excluding hydrogens is 443 g/mol. The summed E-state index contributed by atoms with van der Waals surface area (Å²) in [6.07, 6.45) is 10.1. The molecule has 1 atom stereocenters. The van der Waals surface area contributed by atoms with Crippen LogP contribution in [0, 0.1) is 26.6 Å². The summed E-state index contributed by atoms with van der Waals surface area (Å²) in [6, 6.07) is 11.8. The summed E-state index contributed by atoms with van der Waals surface area (Å²) in [5.74, 6) is 0.900. The zero-order chi connectivity index (χ0) is 23.7. The second-order valence-electron chi connectivity index (χ2n) is 8.81. The molecule has 0 radical (unpaired) electrons. The van der Waals surface area contributed by atoms with Crippen LogP contribution in [0.1, 0.15) is 45.2 Å². The van der Waals surface area contributed by atoms with E-state index < -0.39 is 0 Å². The van der Waals surface area contributed by atoms with Crippen LogP contribution in [-0.2, 0) is 6.42 Å². The number of thiazole rings is 1. The molecule has 1 aliphatic carbocycles. The minimum absolute atomic E-state index is 0.164. The molecule has 0 amide bonds. The summed E-state index contributed by atoms with van der Waals surface area (Å²) in [5, 5.41) is 1.02. The highest BCUT2D eigenvalue weighted by Crippen LogP contribution is 2.40. The highest BCUT2D eigenvalue weighted by atomic mass is 32.1. The number of aromatic nitrogens is 2. The quantitative estimate of drug-likeness (QED) is 0.293. The molecular formula is C29H27FN2OS. The predicted molar refractivity (Wildman–Crippen MR) is 138 cm³/mol. The van der Waals surface area contributed by atoms with Crippen LogP contribution in [-0.4, -0.2) is 16.6 Å². The van der Waals surface area contributed by atoms with Crippen molar-refractivity contribution in [3.63, 3.8) is 0 Å². The first-order valence-corrected chi connectivity index (χ1v) is 12.4. The van der Waals surface area contributed by atoms with E-state index in [1.165, 1.54) is 10.5 Å². The van der Waals surface area contributed by atoms with Crippen LogP contribution in [0.5, 0.6) is 5.75 Å². The lowest BCUT2D eigenvalue weighted by Crippen LogP contribution is -2.06. The molecule has 2 heterocycles. The van der Waals surface area contributed by atoms with Gasteiger partial charge in [0.05, 0.1) is 23.3 Å². The van der Waals surface area contributed by atoms with E-state index in [4.69, 9.17) is 4.74 Å². The first-order valence-electron chi connectivity index (χ1n) is 11.6. The Bertz CT molecular complexity index is 1420. The summed E-state index contributed by atoms with van der Waals surface area (Å²) >= 11 is 1.67. The molecule has 2 aromatic heterocycles. The van der Waals surface area contributed by atoms with Gasteiger partial charge in [-0.05, 0) is 67.7 Å². The van der Waals surface area contributed by atoms with Crippen LogP contribution in [0.2, 0.25) is 0 Å². The monoisotopic (exact) mass is 470 g/mol. The number of hydrogen-bond donors (Lipinski definition) is 0. The van der Waals surface area contributed by atoms with E-state index in [9.17, 15) is 4.39 Å². The largest absolute Gasteiger partial charge is 0.492 e. The van der Waals surface area contributed by atoms with Crippen molar-refractivity contribution < 1.29 is 9.13 Å². The van der Waals surface area contributed by atoms with Crippen LogP contribution < -0.4 is 4.74 Å². The van der Waals surface area contributed by atoms with Gasteiger partial charge in [-0.3, -0.25) is 4.98 Å². The van der Waals surface area contributed by atoms with Gasteiger partial charge in [0, 0.05) is 34.4 Å². The molecule has 0 saturated heterocycles. The van der Waals surface area contributed by atoms with E-state index in [-0.39, 0.29) is 11.7 Å². The van der Waals surface area contributed by atoms with Gasteiger partial charge >= 0.3 is 0 Å². The smallest absolute Gasteiger partial charge is 0.133 e. The Morgan fingerprint density at radius 2 is 1.94 bits per heavy atom. The molecule has 4 aromatic rings. The Hall–Kier alpha value is -3.31. The Kier molecular flexibility index (Phi) is 6.29. The van der Waals surface area contributed by atoms with E-state index in [1.807, 2.05) is 44.6 Å². The Balaban J connectivity index is 1.49. The average Bonchev–Trinajstić information content (AvgIpc) is 3.26. The maximum atomic E-state index is 13.9. The lowest BCUT2D eigenvalue weighted by Gasteiger charge is -2.23. The minimum Gasteiger partial charge on any atom is -0.492 e. The highest BCUT2D eigenvalue weighted by molar-refractivity contribution is 7.09. The first kappa shape index (κ1) is 22.5. The summed E-state index contributed by atoms with van der Waals surface area (Å²) in [6.45, 7) is 6.49. The van der Waals surface area contributed by atoms with Gasteiger partial charge in [0.25, 0.3) is 0 Å². The van der Waals surface area contributed by atoms with Crippen molar-refractivity contribution in [2.75, 3.05) is 6.61 Å².